The van der Waals surface area contributed by atoms with Gasteiger partial charge < -0.3 is 21.1 Å². The van der Waals surface area contributed by atoms with Crippen molar-refractivity contribution in [2.24, 2.45) is 5.73 Å². The van der Waals surface area contributed by atoms with Crippen molar-refractivity contribution in [3.05, 3.63) is 65.7 Å². The summed E-state index contributed by atoms with van der Waals surface area (Å²) in [6.07, 6.45) is 0.211. The van der Waals surface area contributed by atoms with E-state index in [1.807, 2.05) is 49.4 Å². The molecule has 136 valence electrons. The predicted octanol–water partition coefficient (Wildman–Crippen LogP) is 1.76. The van der Waals surface area contributed by atoms with E-state index in [1.54, 1.807) is 12.1 Å². The summed E-state index contributed by atoms with van der Waals surface area (Å²) in [6.45, 7) is 1.48. The zero-order valence-corrected chi connectivity index (χ0v) is 14.4. The molecular formula is C19H21N3O4. The van der Waals surface area contributed by atoms with Crippen LogP contribution in [0, 0.1) is 6.92 Å². The molecule has 3 amide bonds. The molecule has 7 nitrogen and oxygen atoms in total. The Labute approximate surface area is 151 Å². The van der Waals surface area contributed by atoms with Gasteiger partial charge in [-0.15, -0.1) is 0 Å². The van der Waals surface area contributed by atoms with Crippen LogP contribution in [-0.2, 0) is 20.7 Å². The lowest BCUT2D eigenvalue weighted by atomic mass is 10.1. The van der Waals surface area contributed by atoms with Crippen LogP contribution in [0.2, 0.25) is 0 Å². The number of amides is 3. The molecule has 0 unspecified atom stereocenters. The molecular weight excluding hydrogens is 334 g/mol. The molecule has 0 radical (unpaired) electrons. The average Bonchev–Trinajstić information content (AvgIpc) is 2.61. The number of benzene rings is 2. The number of hydrogen-bond donors (Lipinski definition) is 3. The number of anilines is 1. The maximum Gasteiger partial charge on any atom is 0.329 e. The number of urea groups is 1. The minimum absolute atomic E-state index is 0.211. The second-order valence-corrected chi connectivity index (χ2v) is 5.77. The van der Waals surface area contributed by atoms with Gasteiger partial charge in [0.15, 0.2) is 6.61 Å². The Bertz CT molecular complexity index is 760. The first-order valence-corrected chi connectivity index (χ1v) is 8.07. The Kier molecular flexibility index (Phi) is 6.73. The van der Waals surface area contributed by atoms with E-state index in [4.69, 9.17) is 10.5 Å². The second-order valence-electron chi connectivity index (χ2n) is 5.77. The molecule has 0 bridgehead atoms. The number of carbonyl (C=O) groups excluding carboxylic acids is 3. The molecule has 0 saturated carbocycles. The van der Waals surface area contributed by atoms with Gasteiger partial charge in [-0.3, -0.25) is 4.79 Å². The lowest BCUT2D eigenvalue weighted by Crippen LogP contribution is -2.46. The van der Waals surface area contributed by atoms with Gasteiger partial charge in [-0.05, 0) is 24.6 Å². The topological polar surface area (TPSA) is 111 Å². The van der Waals surface area contributed by atoms with Gasteiger partial charge in [0.2, 0.25) is 0 Å². The van der Waals surface area contributed by atoms with Crippen molar-refractivity contribution in [1.82, 2.24) is 5.32 Å². The highest BCUT2D eigenvalue weighted by Crippen LogP contribution is 2.09. The Morgan fingerprint density at radius 1 is 1.04 bits per heavy atom. The van der Waals surface area contributed by atoms with Crippen LogP contribution in [0.25, 0.3) is 0 Å². The lowest BCUT2D eigenvalue weighted by molar-refractivity contribution is -0.149. The molecule has 2 aromatic carbocycles. The number of hydrogen-bond acceptors (Lipinski definition) is 4. The van der Waals surface area contributed by atoms with Crippen LogP contribution in [-0.4, -0.2) is 30.6 Å². The number of carbonyl (C=O) groups is 3. The third kappa shape index (κ3) is 6.27. The zero-order valence-electron chi connectivity index (χ0n) is 14.4. The number of rotatable bonds is 7. The maximum atomic E-state index is 12.2. The van der Waals surface area contributed by atoms with Crippen LogP contribution in [0.15, 0.2) is 54.6 Å². The van der Waals surface area contributed by atoms with Crippen molar-refractivity contribution in [3.63, 3.8) is 0 Å². The molecule has 7 heteroatoms. The molecule has 0 fully saturated rings. The lowest BCUT2D eigenvalue weighted by Gasteiger charge is -2.16. The highest BCUT2D eigenvalue weighted by molar-refractivity contribution is 5.93. The van der Waals surface area contributed by atoms with Gasteiger partial charge >= 0.3 is 12.0 Å². The number of nitrogens with two attached hydrogens (primary N) is 1. The van der Waals surface area contributed by atoms with Crippen LogP contribution in [0.5, 0.6) is 0 Å². The maximum absolute atomic E-state index is 12.2. The molecule has 0 aliphatic rings. The summed E-state index contributed by atoms with van der Waals surface area (Å²) in [7, 11) is 0. The van der Waals surface area contributed by atoms with Crippen molar-refractivity contribution < 1.29 is 19.1 Å². The standard InChI is InChI=1S/C19H21N3O4/c1-13-7-9-15(10-8-13)21-17(23)12-26-18(24)16(22-19(20)25)11-14-5-3-2-4-6-14/h2-10,16H,11-12H2,1H3,(H,21,23)(H3,20,22,25)/t16-/m0/s1. The number of primary amides is 1. The smallest absolute Gasteiger partial charge is 0.329 e. The van der Waals surface area contributed by atoms with Gasteiger partial charge in [-0.1, -0.05) is 48.0 Å². The van der Waals surface area contributed by atoms with Crippen LogP contribution in [0.4, 0.5) is 10.5 Å². The van der Waals surface area contributed by atoms with Crippen molar-refractivity contribution in [2.45, 2.75) is 19.4 Å². The summed E-state index contributed by atoms with van der Waals surface area (Å²) in [6, 6.07) is 14.5. The first kappa shape index (κ1) is 19.0. The quantitative estimate of drug-likeness (QED) is 0.657. The summed E-state index contributed by atoms with van der Waals surface area (Å²) in [5.41, 5.74) is 7.61. The zero-order chi connectivity index (χ0) is 18.9. The first-order chi connectivity index (χ1) is 12.4. The van der Waals surface area contributed by atoms with E-state index in [2.05, 4.69) is 10.6 Å². The summed E-state index contributed by atoms with van der Waals surface area (Å²) >= 11 is 0. The Morgan fingerprint density at radius 2 is 1.69 bits per heavy atom. The third-order valence-electron chi connectivity index (χ3n) is 3.56. The Morgan fingerprint density at radius 3 is 2.31 bits per heavy atom. The van der Waals surface area contributed by atoms with Crippen molar-refractivity contribution in [1.29, 1.82) is 0 Å². The monoisotopic (exact) mass is 355 g/mol. The molecule has 0 spiro atoms. The largest absolute Gasteiger partial charge is 0.454 e. The van der Waals surface area contributed by atoms with Gasteiger partial charge in [-0.2, -0.15) is 0 Å². The minimum Gasteiger partial charge on any atom is -0.454 e. The first-order valence-electron chi connectivity index (χ1n) is 8.07. The van der Waals surface area contributed by atoms with E-state index in [0.29, 0.717) is 5.69 Å². The van der Waals surface area contributed by atoms with Gasteiger partial charge in [0.1, 0.15) is 6.04 Å². The summed E-state index contributed by atoms with van der Waals surface area (Å²) < 4.78 is 5.01. The number of aryl methyl sites for hydroxylation is 1. The van der Waals surface area contributed by atoms with E-state index < -0.39 is 30.6 Å². The van der Waals surface area contributed by atoms with E-state index in [1.165, 1.54) is 0 Å². The van der Waals surface area contributed by atoms with Crippen LogP contribution in [0.1, 0.15) is 11.1 Å². The molecule has 1 atom stereocenters. The molecule has 4 N–H and O–H groups in total. The van der Waals surface area contributed by atoms with E-state index >= 15 is 0 Å². The molecule has 0 heterocycles. The molecule has 0 saturated heterocycles. The number of ether oxygens (including phenoxy) is 1. The highest BCUT2D eigenvalue weighted by atomic mass is 16.5. The normalized spacial score (nSPS) is 11.3. The van der Waals surface area contributed by atoms with Crippen molar-refractivity contribution in [3.8, 4) is 0 Å². The molecule has 2 aromatic rings. The van der Waals surface area contributed by atoms with Crippen molar-refractivity contribution >= 4 is 23.6 Å². The molecule has 0 aromatic heterocycles. The molecule has 2 rings (SSSR count). The Balaban J connectivity index is 1.90. The van der Waals surface area contributed by atoms with Gasteiger partial charge in [0, 0.05) is 12.1 Å². The van der Waals surface area contributed by atoms with Crippen molar-refractivity contribution in [2.75, 3.05) is 11.9 Å². The van der Waals surface area contributed by atoms with E-state index in [0.717, 1.165) is 11.1 Å². The minimum atomic E-state index is -0.970. The van der Waals surface area contributed by atoms with E-state index in [9.17, 15) is 14.4 Å². The van der Waals surface area contributed by atoms with Gasteiger partial charge in [0.25, 0.3) is 5.91 Å². The fourth-order valence-electron chi connectivity index (χ4n) is 2.29. The summed E-state index contributed by atoms with van der Waals surface area (Å²) in [4.78, 5) is 35.3. The molecule has 0 aliphatic heterocycles. The highest BCUT2D eigenvalue weighted by Gasteiger charge is 2.22. The number of esters is 1. The average molecular weight is 355 g/mol. The van der Waals surface area contributed by atoms with Crippen LogP contribution < -0.4 is 16.4 Å². The van der Waals surface area contributed by atoms with Gasteiger partial charge in [0.05, 0.1) is 0 Å². The fraction of sp³-hybridized carbons (Fsp3) is 0.211. The van der Waals surface area contributed by atoms with Gasteiger partial charge in [-0.25, -0.2) is 9.59 Å². The SMILES string of the molecule is Cc1ccc(NC(=O)COC(=O)[C@H](Cc2ccccc2)NC(N)=O)cc1. The Hall–Kier alpha value is -3.35. The molecule has 0 aliphatic carbocycles. The fourth-order valence-corrected chi connectivity index (χ4v) is 2.29. The third-order valence-corrected chi connectivity index (χ3v) is 3.56. The van der Waals surface area contributed by atoms with Crippen LogP contribution >= 0.6 is 0 Å². The number of nitrogens with one attached hydrogen (secondary N) is 2. The molecule has 26 heavy (non-hydrogen) atoms. The summed E-state index contributed by atoms with van der Waals surface area (Å²) in [5.74, 6) is -1.20. The predicted molar refractivity (Wildman–Crippen MR) is 97.4 cm³/mol. The second kappa shape index (κ2) is 9.22. The van der Waals surface area contributed by atoms with Crippen LogP contribution in [0.3, 0.4) is 0 Å². The summed E-state index contributed by atoms with van der Waals surface area (Å²) in [5, 5.41) is 4.97. The van der Waals surface area contributed by atoms with E-state index in [-0.39, 0.29) is 6.42 Å².